The summed E-state index contributed by atoms with van der Waals surface area (Å²) in [5, 5.41) is 4.43. The predicted molar refractivity (Wildman–Crippen MR) is 105 cm³/mol. The number of carbonyl (C=O) groups excluding carboxylic acids is 1. The van der Waals surface area contributed by atoms with Crippen LogP contribution in [0.25, 0.3) is 6.20 Å². The third-order valence-electron chi connectivity index (χ3n) is 5.80. The number of amides is 1. The van der Waals surface area contributed by atoms with E-state index in [1.165, 1.54) is 0 Å². The van der Waals surface area contributed by atoms with Crippen molar-refractivity contribution < 1.29 is 4.79 Å². The molecular weight excluding hydrogens is 356 g/mol. The lowest BCUT2D eigenvalue weighted by molar-refractivity contribution is -0.129. The van der Waals surface area contributed by atoms with E-state index in [0.717, 1.165) is 42.9 Å². The summed E-state index contributed by atoms with van der Waals surface area (Å²) in [5.74, 6) is 0.729. The molecule has 0 aromatic carbocycles. The Balaban J connectivity index is 1.61. The number of aryl methyl sites for hydroxylation is 1. The number of hydrogen-bond acceptors (Lipinski definition) is 5. The Morgan fingerprint density at radius 1 is 1.43 bits per heavy atom. The molecule has 1 unspecified atom stereocenters. The maximum Gasteiger partial charge on any atom is 0.254 e. The van der Waals surface area contributed by atoms with E-state index in [9.17, 15) is 9.59 Å². The third kappa shape index (κ3) is 3.40. The molecule has 2 aliphatic rings. The van der Waals surface area contributed by atoms with Gasteiger partial charge in [-0.3, -0.25) is 14.5 Å². The first-order valence-electron chi connectivity index (χ1n) is 9.75. The zero-order chi connectivity index (χ0) is 19.8. The number of nitrogens with one attached hydrogen (secondary N) is 1. The Bertz CT molecular complexity index is 976. The van der Waals surface area contributed by atoms with Gasteiger partial charge in [0.2, 0.25) is 5.91 Å². The van der Waals surface area contributed by atoms with E-state index in [2.05, 4.69) is 21.6 Å². The fraction of sp³-hybridized carbons (Fsp3) is 0.500. The lowest BCUT2D eigenvalue weighted by atomic mass is 10.1. The number of aromatic amines is 1. The van der Waals surface area contributed by atoms with Crippen molar-refractivity contribution in [3.8, 4) is 0 Å². The minimum atomic E-state index is -0.0642. The van der Waals surface area contributed by atoms with Crippen LogP contribution in [0.3, 0.4) is 0 Å². The van der Waals surface area contributed by atoms with Crippen LogP contribution in [0.1, 0.15) is 54.1 Å². The van der Waals surface area contributed by atoms with Crippen LogP contribution in [-0.4, -0.2) is 48.5 Å². The first-order valence-corrected chi connectivity index (χ1v) is 9.75. The number of aromatic nitrogens is 4. The molecule has 1 atom stereocenters. The Hall–Kier alpha value is -2.74. The minimum absolute atomic E-state index is 0.0199. The largest absolute Gasteiger partial charge is 0.337 e. The molecule has 0 radical (unpaired) electrons. The topological polar surface area (TPSA) is 87.1 Å². The van der Waals surface area contributed by atoms with Gasteiger partial charge in [0.25, 0.3) is 5.56 Å². The van der Waals surface area contributed by atoms with Gasteiger partial charge in [-0.1, -0.05) is 6.58 Å². The van der Waals surface area contributed by atoms with Gasteiger partial charge in [0, 0.05) is 43.5 Å². The highest BCUT2D eigenvalue weighted by Gasteiger charge is 2.31. The first kappa shape index (κ1) is 18.6. The molecule has 2 aromatic heterocycles. The van der Waals surface area contributed by atoms with Crippen molar-refractivity contribution in [2.75, 3.05) is 13.1 Å². The minimum Gasteiger partial charge on any atom is -0.337 e. The molecule has 4 heterocycles. The van der Waals surface area contributed by atoms with Crippen LogP contribution in [-0.2, 0) is 24.3 Å². The van der Waals surface area contributed by atoms with E-state index in [1.807, 2.05) is 13.1 Å². The first-order chi connectivity index (χ1) is 13.5. The standard InChI is InChI=1S/C20H26N6O2/c1-4-26-11-15(13(2)23-26)10-25-8-5-6-18(25)19-21-17-12-24(14(3)27)9-7-16(17)20(28)22-19/h4,11,18H,1,5-10,12H2,2-3H3,(H,21,22,28). The normalized spacial score (nSPS) is 19.6. The van der Waals surface area contributed by atoms with E-state index in [0.29, 0.717) is 30.9 Å². The summed E-state index contributed by atoms with van der Waals surface area (Å²) in [6.45, 7) is 10.0. The Morgan fingerprint density at radius 3 is 2.96 bits per heavy atom. The number of carbonyl (C=O) groups is 1. The van der Waals surface area contributed by atoms with Crippen LogP contribution in [0.4, 0.5) is 0 Å². The highest BCUT2D eigenvalue weighted by molar-refractivity contribution is 5.73. The number of hydrogen-bond donors (Lipinski definition) is 1. The third-order valence-corrected chi connectivity index (χ3v) is 5.80. The van der Waals surface area contributed by atoms with Crippen molar-refractivity contribution >= 4 is 12.1 Å². The number of H-pyrrole nitrogens is 1. The van der Waals surface area contributed by atoms with E-state index < -0.39 is 0 Å². The van der Waals surface area contributed by atoms with E-state index in [1.54, 1.807) is 22.7 Å². The Morgan fingerprint density at radius 2 is 2.25 bits per heavy atom. The van der Waals surface area contributed by atoms with E-state index in [-0.39, 0.29) is 17.5 Å². The highest BCUT2D eigenvalue weighted by Crippen LogP contribution is 2.32. The second-order valence-electron chi connectivity index (χ2n) is 7.60. The summed E-state index contributed by atoms with van der Waals surface area (Å²) in [4.78, 5) is 36.3. The summed E-state index contributed by atoms with van der Waals surface area (Å²) in [7, 11) is 0. The number of fused-ring (bicyclic) bond motifs is 1. The van der Waals surface area contributed by atoms with Gasteiger partial charge in [0.15, 0.2) is 0 Å². The maximum absolute atomic E-state index is 12.6. The van der Waals surface area contributed by atoms with Crippen LogP contribution >= 0.6 is 0 Å². The molecule has 4 rings (SSSR count). The Kier molecular flexibility index (Phi) is 4.89. The predicted octanol–water partition coefficient (Wildman–Crippen LogP) is 1.62. The van der Waals surface area contributed by atoms with E-state index >= 15 is 0 Å². The zero-order valence-corrected chi connectivity index (χ0v) is 16.4. The molecule has 2 aliphatic heterocycles. The average Bonchev–Trinajstić information content (AvgIpc) is 3.28. The molecule has 28 heavy (non-hydrogen) atoms. The van der Waals surface area contributed by atoms with Crippen molar-refractivity contribution in [1.82, 2.24) is 29.5 Å². The molecular formula is C20H26N6O2. The molecule has 0 bridgehead atoms. The molecule has 1 fully saturated rings. The summed E-state index contributed by atoms with van der Waals surface area (Å²) in [6, 6.07) is 0.0668. The second-order valence-corrected chi connectivity index (χ2v) is 7.60. The summed E-state index contributed by atoms with van der Waals surface area (Å²) in [5.41, 5.74) is 3.52. The maximum atomic E-state index is 12.6. The molecule has 1 amide bonds. The zero-order valence-electron chi connectivity index (χ0n) is 16.4. The molecule has 148 valence electrons. The van der Waals surface area contributed by atoms with Crippen molar-refractivity contribution in [2.45, 2.75) is 52.2 Å². The fourth-order valence-corrected chi connectivity index (χ4v) is 4.20. The molecule has 1 saturated heterocycles. The summed E-state index contributed by atoms with van der Waals surface area (Å²) < 4.78 is 1.73. The van der Waals surface area contributed by atoms with Gasteiger partial charge in [-0.05, 0) is 32.7 Å². The molecule has 8 heteroatoms. The number of likely N-dealkylation sites (tertiary alicyclic amines) is 1. The molecule has 8 nitrogen and oxygen atoms in total. The van der Waals surface area contributed by atoms with Crippen LogP contribution in [0, 0.1) is 6.92 Å². The van der Waals surface area contributed by atoms with Gasteiger partial charge in [0.1, 0.15) is 5.82 Å². The lowest BCUT2D eigenvalue weighted by Gasteiger charge is -2.28. The SMILES string of the molecule is C=Cn1cc(CN2CCCC2c2nc3c(c(=O)[nH]2)CCN(C(C)=O)C3)c(C)n1. The second kappa shape index (κ2) is 7.35. The van der Waals surface area contributed by atoms with Crippen LogP contribution in [0.15, 0.2) is 17.6 Å². The fourth-order valence-electron chi connectivity index (χ4n) is 4.20. The van der Waals surface area contributed by atoms with Gasteiger partial charge in [-0.25, -0.2) is 9.67 Å². The van der Waals surface area contributed by atoms with Gasteiger partial charge in [-0.15, -0.1) is 0 Å². The van der Waals surface area contributed by atoms with Gasteiger partial charge < -0.3 is 9.88 Å². The highest BCUT2D eigenvalue weighted by atomic mass is 16.2. The van der Waals surface area contributed by atoms with E-state index in [4.69, 9.17) is 4.98 Å². The van der Waals surface area contributed by atoms with Crippen LogP contribution in [0.2, 0.25) is 0 Å². The Labute approximate surface area is 163 Å². The molecule has 2 aromatic rings. The van der Waals surface area contributed by atoms with Gasteiger partial charge >= 0.3 is 0 Å². The van der Waals surface area contributed by atoms with Crippen molar-refractivity contribution in [2.24, 2.45) is 0 Å². The van der Waals surface area contributed by atoms with Gasteiger partial charge in [0.05, 0.1) is 24.0 Å². The number of nitrogens with zero attached hydrogens (tertiary/aromatic N) is 5. The van der Waals surface area contributed by atoms with Crippen LogP contribution in [0.5, 0.6) is 0 Å². The smallest absolute Gasteiger partial charge is 0.254 e. The quantitative estimate of drug-likeness (QED) is 0.868. The monoisotopic (exact) mass is 382 g/mol. The average molecular weight is 382 g/mol. The molecule has 0 aliphatic carbocycles. The number of rotatable bonds is 4. The summed E-state index contributed by atoms with van der Waals surface area (Å²) >= 11 is 0. The van der Waals surface area contributed by atoms with Crippen LogP contribution < -0.4 is 5.56 Å². The van der Waals surface area contributed by atoms with Crippen molar-refractivity contribution in [3.05, 3.63) is 51.5 Å². The van der Waals surface area contributed by atoms with Crippen molar-refractivity contribution in [3.63, 3.8) is 0 Å². The van der Waals surface area contributed by atoms with Gasteiger partial charge in [-0.2, -0.15) is 5.10 Å². The molecule has 1 N–H and O–H groups in total. The van der Waals surface area contributed by atoms with Crippen molar-refractivity contribution in [1.29, 1.82) is 0 Å². The molecule has 0 saturated carbocycles. The lowest BCUT2D eigenvalue weighted by Crippen LogP contribution is -2.39. The molecule has 0 spiro atoms. The summed E-state index contributed by atoms with van der Waals surface area (Å²) in [6.07, 6.45) is 6.24.